The van der Waals surface area contributed by atoms with E-state index >= 15 is 0 Å². The summed E-state index contributed by atoms with van der Waals surface area (Å²) in [4.78, 5) is 0. The minimum atomic E-state index is -0.338. The molecule has 3 aromatic rings. The van der Waals surface area contributed by atoms with E-state index in [0.29, 0.717) is 11.3 Å². The zero-order valence-electron chi connectivity index (χ0n) is 11.2. The van der Waals surface area contributed by atoms with Gasteiger partial charge in [-0.3, -0.25) is 0 Å². The van der Waals surface area contributed by atoms with Gasteiger partial charge < -0.3 is 9.73 Å². The van der Waals surface area contributed by atoms with Crippen molar-refractivity contribution < 1.29 is 8.81 Å². The number of rotatable bonds is 3. The van der Waals surface area contributed by atoms with E-state index in [2.05, 4.69) is 49.9 Å². The molecule has 0 aliphatic heterocycles. The van der Waals surface area contributed by atoms with Crippen LogP contribution in [0.3, 0.4) is 0 Å². The van der Waals surface area contributed by atoms with Crippen molar-refractivity contribution in [2.45, 2.75) is 6.04 Å². The number of hydrogen-bond acceptors (Lipinski definition) is 2. The molecule has 2 nitrogen and oxygen atoms in total. The van der Waals surface area contributed by atoms with E-state index in [9.17, 15) is 4.39 Å². The van der Waals surface area contributed by atoms with Crippen LogP contribution in [0.15, 0.2) is 51.4 Å². The molecule has 0 aliphatic carbocycles. The van der Waals surface area contributed by atoms with E-state index in [4.69, 9.17) is 4.42 Å². The summed E-state index contributed by atoms with van der Waals surface area (Å²) in [5, 5.41) is 4.00. The van der Waals surface area contributed by atoms with Gasteiger partial charge in [-0.1, -0.05) is 28.1 Å². The molecule has 21 heavy (non-hydrogen) atoms. The number of furan rings is 1. The van der Waals surface area contributed by atoms with Crippen molar-refractivity contribution in [3.63, 3.8) is 0 Å². The highest BCUT2D eigenvalue weighted by molar-refractivity contribution is 14.1. The third-order valence-corrected chi connectivity index (χ3v) is 4.75. The fraction of sp³-hybridized carbons (Fsp3) is 0.125. The van der Waals surface area contributed by atoms with Gasteiger partial charge in [-0.15, -0.1) is 0 Å². The molecule has 108 valence electrons. The van der Waals surface area contributed by atoms with Crippen LogP contribution in [0, 0.1) is 9.39 Å². The largest absolute Gasteiger partial charge is 0.456 e. The molecule has 1 heterocycles. The maximum absolute atomic E-state index is 13.8. The van der Waals surface area contributed by atoms with Gasteiger partial charge in [0.2, 0.25) is 0 Å². The van der Waals surface area contributed by atoms with Gasteiger partial charge in [-0.25, -0.2) is 4.39 Å². The van der Waals surface area contributed by atoms with Crippen LogP contribution in [0.25, 0.3) is 11.0 Å². The summed E-state index contributed by atoms with van der Waals surface area (Å²) >= 11 is 5.84. The normalized spacial score (nSPS) is 12.8. The highest BCUT2D eigenvalue weighted by atomic mass is 127. The molecule has 1 N–H and O–H groups in total. The first-order chi connectivity index (χ1) is 10.1. The summed E-state index contributed by atoms with van der Waals surface area (Å²) in [6.45, 7) is 0. The van der Waals surface area contributed by atoms with Gasteiger partial charge >= 0.3 is 0 Å². The lowest BCUT2D eigenvalue weighted by molar-refractivity contribution is 0.476. The van der Waals surface area contributed by atoms with Gasteiger partial charge in [0, 0.05) is 13.4 Å². The molecule has 5 heteroatoms. The molecule has 0 spiro atoms. The molecule has 0 saturated heterocycles. The number of para-hydroxylation sites is 1. The zero-order valence-corrected chi connectivity index (χ0v) is 14.9. The molecule has 1 aromatic heterocycles. The van der Waals surface area contributed by atoms with Gasteiger partial charge in [0.25, 0.3) is 0 Å². The van der Waals surface area contributed by atoms with Gasteiger partial charge in [0.1, 0.15) is 5.76 Å². The van der Waals surface area contributed by atoms with Gasteiger partial charge in [0.05, 0.1) is 6.04 Å². The average Bonchev–Trinajstić information content (AvgIpc) is 2.89. The molecule has 0 fully saturated rings. The lowest BCUT2D eigenvalue weighted by Crippen LogP contribution is -2.17. The Morgan fingerprint density at radius 1 is 1.24 bits per heavy atom. The number of nitrogens with one attached hydrogen (secondary N) is 1. The SMILES string of the molecule is CNC(c1cc2cccc(F)c2o1)c1cc(I)ccc1Br. The Labute approximate surface area is 144 Å². The lowest BCUT2D eigenvalue weighted by Gasteiger charge is -2.16. The Morgan fingerprint density at radius 2 is 2.05 bits per heavy atom. The monoisotopic (exact) mass is 459 g/mol. The van der Waals surface area contributed by atoms with Crippen LogP contribution < -0.4 is 5.32 Å². The summed E-state index contributed by atoms with van der Waals surface area (Å²) in [5.41, 5.74) is 1.36. The predicted octanol–water partition coefficient (Wildman–Crippen LogP) is 5.25. The highest BCUT2D eigenvalue weighted by Crippen LogP contribution is 2.33. The van der Waals surface area contributed by atoms with Crippen LogP contribution in [0.1, 0.15) is 17.4 Å². The minimum Gasteiger partial charge on any atom is -0.456 e. The molecule has 0 aliphatic rings. The average molecular weight is 460 g/mol. The van der Waals surface area contributed by atoms with Crippen LogP contribution in [-0.4, -0.2) is 7.05 Å². The molecular weight excluding hydrogens is 448 g/mol. The standard InChI is InChI=1S/C16H12BrFINO/c1-20-15(11-8-10(19)5-6-12(11)17)14-7-9-3-2-4-13(18)16(9)21-14/h2-8,15,20H,1H3. The number of benzene rings is 2. The number of hydrogen-bond donors (Lipinski definition) is 1. The highest BCUT2D eigenvalue weighted by Gasteiger charge is 2.20. The topological polar surface area (TPSA) is 25.2 Å². The summed E-state index contributed by atoms with van der Waals surface area (Å²) in [6.07, 6.45) is 0. The van der Waals surface area contributed by atoms with Gasteiger partial charge in [-0.2, -0.15) is 0 Å². The minimum absolute atomic E-state index is 0.138. The van der Waals surface area contributed by atoms with Crippen LogP contribution in [0.2, 0.25) is 0 Å². The van der Waals surface area contributed by atoms with E-state index in [-0.39, 0.29) is 11.9 Å². The Morgan fingerprint density at radius 3 is 2.76 bits per heavy atom. The van der Waals surface area contributed by atoms with Crippen LogP contribution in [0.5, 0.6) is 0 Å². The van der Waals surface area contributed by atoms with Crippen molar-refractivity contribution in [3.8, 4) is 0 Å². The summed E-state index contributed by atoms with van der Waals surface area (Å²) < 4.78 is 21.7. The molecule has 1 atom stereocenters. The quantitative estimate of drug-likeness (QED) is 0.541. The lowest BCUT2D eigenvalue weighted by atomic mass is 10.0. The summed E-state index contributed by atoms with van der Waals surface area (Å²) in [5.74, 6) is 0.357. The van der Waals surface area contributed by atoms with Gasteiger partial charge in [-0.05, 0) is 65.5 Å². The molecule has 0 amide bonds. The maximum atomic E-state index is 13.8. The summed E-state index contributed by atoms with van der Waals surface area (Å²) in [7, 11) is 1.86. The second kappa shape index (κ2) is 6.06. The first kappa shape index (κ1) is 15.0. The molecule has 0 bridgehead atoms. The molecule has 1 unspecified atom stereocenters. The fourth-order valence-electron chi connectivity index (χ4n) is 2.38. The maximum Gasteiger partial charge on any atom is 0.169 e. The molecule has 3 rings (SSSR count). The second-order valence-corrected chi connectivity index (χ2v) is 6.79. The Hall–Kier alpha value is -0.920. The van der Waals surface area contributed by atoms with Crippen LogP contribution >= 0.6 is 38.5 Å². The van der Waals surface area contributed by atoms with E-state index in [0.717, 1.165) is 19.0 Å². The van der Waals surface area contributed by atoms with E-state index < -0.39 is 0 Å². The van der Waals surface area contributed by atoms with E-state index in [1.807, 2.05) is 31.3 Å². The third-order valence-electron chi connectivity index (χ3n) is 3.36. The number of fused-ring (bicyclic) bond motifs is 1. The van der Waals surface area contributed by atoms with E-state index in [1.165, 1.54) is 6.07 Å². The van der Waals surface area contributed by atoms with Crippen molar-refractivity contribution in [2.24, 2.45) is 0 Å². The summed E-state index contributed by atoms with van der Waals surface area (Å²) in [6, 6.07) is 12.8. The van der Waals surface area contributed by atoms with Gasteiger partial charge in [0.15, 0.2) is 11.4 Å². The first-order valence-electron chi connectivity index (χ1n) is 6.40. The van der Waals surface area contributed by atoms with Crippen molar-refractivity contribution in [1.29, 1.82) is 0 Å². The predicted molar refractivity (Wildman–Crippen MR) is 93.9 cm³/mol. The number of halogens is 3. The van der Waals surface area contributed by atoms with Crippen LogP contribution in [0.4, 0.5) is 4.39 Å². The Balaban J connectivity index is 2.13. The Kier molecular flexibility index (Phi) is 4.33. The third kappa shape index (κ3) is 2.86. The molecule has 0 radical (unpaired) electrons. The Bertz CT molecular complexity index is 802. The fourth-order valence-corrected chi connectivity index (χ4v) is 3.37. The second-order valence-electron chi connectivity index (χ2n) is 4.69. The van der Waals surface area contributed by atoms with Crippen molar-refractivity contribution >= 4 is 49.5 Å². The molecule has 2 aromatic carbocycles. The van der Waals surface area contributed by atoms with Crippen molar-refractivity contribution in [1.82, 2.24) is 5.32 Å². The smallest absolute Gasteiger partial charge is 0.169 e. The van der Waals surface area contributed by atoms with Crippen molar-refractivity contribution in [2.75, 3.05) is 7.05 Å². The first-order valence-corrected chi connectivity index (χ1v) is 8.27. The van der Waals surface area contributed by atoms with E-state index in [1.54, 1.807) is 6.07 Å². The van der Waals surface area contributed by atoms with Crippen LogP contribution in [-0.2, 0) is 0 Å². The van der Waals surface area contributed by atoms with Crippen molar-refractivity contribution in [3.05, 3.63) is 67.6 Å². The zero-order chi connectivity index (χ0) is 15.0. The molecular formula is C16H12BrFINO. The molecule has 0 saturated carbocycles.